The minimum atomic E-state index is -0.441. The van der Waals surface area contributed by atoms with Gasteiger partial charge in [0.25, 0.3) is 0 Å². The Bertz CT molecular complexity index is 646. The predicted molar refractivity (Wildman–Crippen MR) is 103 cm³/mol. The van der Waals surface area contributed by atoms with Crippen LogP contribution >= 0.6 is 0 Å². The minimum absolute atomic E-state index is 0.225. The first-order valence-electron chi connectivity index (χ1n) is 9.67. The lowest BCUT2D eigenvalue weighted by molar-refractivity contribution is -0.132. The molecule has 0 aliphatic carbocycles. The van der Waals surface area contributed by atoms with Gasteiger partial charge in [-0.05, 0) is 45.5 Å². The summed E-state index contributed by atoms with van der Waals surface area (Å²) in [7, 11) is 4.28. The first-order chi connectivity index (χ1) is 12.5. The molecule has 3 rings (SSSR count). The Morgan fingerprint density at radius 2 is 1.96 bits per heavy atom. The van der Waals surface area contributed by atoms with Gasteiger partial charge in [-0.3, -0.25) is 4.79 Å². The number of rotatable bonds is 5. The van der Waals surface area contributed by atoms with E-state index in [1.54, 1.807) is 0 Å². The van der Waals surface area contributed by atoms with Gasteiger partial charge in [0.15, 0.2) is 0 Å². The highest BCUT2D eigenvalue weighted by molar-refractivity contribution is 5.76. The summed E-state index contributed by atoms with van der Waals surface area (Å²) < 4.78 is 0. The van der Waals surface area contributed by atoms with E-state index in [-0.39, 0.29) is 5.91 Å². The summed E-state index contributed by atoms with van der Waals surface area (Å²) in [6, 6.07) is 13.1. The van der Waals surface area contributed by atoms with E-state index in [0.717, 1.165) is 38.0 Å². The number of likely N-dealkylation sites (tertiary alicyclic amines) is 2. The Morgan fingerprint density at radius 3 is 2.54 bits per heavy atom. The van der Waals surface area contributed by atoms with E-state index in [0.29, 0.717) is 25.6 Å². The lowest BCUT2D eigenvalue weighted by Gasteiger charge is -2.38. The quantitative estimate of drug-likeness (QED) is 0.812. The molecule has 2 saturated heterocycles. The number of hydrogen-bond acceptors (Lipinski definition) is 4. The van der Waals surface area contributed by atoms with Gasteiger partial charge >= 0.3 is 0 Å². The highest BCUT2D eigenvalue weighted by Gasteiger charge is 2.37. The van der Waals surface area contributed by atoms with Gasteiger partial charge in [0.2, 0.25) is 5.91 Å². The average Bonchev–Trinajstić information content (AvgIpc) is 3.13. The highest BCUT2D eigenvalue weighted by Crippen LogP contribution is 2.35. The van der Waals surface area contributed by atoms with Crippen LogP contribution in [0.3, 0.4) is 0 Å². The van der Waals surface area contributed by atoms with E-state index in [1.807, 2.05) is 35.2 Å². The normalized spacial score (nSPS) is 23.2. The van der Waals surface area contributed by atoms with Crippen molar-refractivity contribution in [3.63, 3.8) is 0 Å². The van der Waals surface area contributed by atoms with E-state index >= 15 is 0 Å². The van der Waals surface area contributed by atoms with Crippen LogP contribution in [-0.4, -0.2) is 73.5 Å². The van der Waals surface area contributed by atoms with Crippen molar-refractivity contribution in [3.05, 3.63) is 35.9 Å². The SMILES string of the molecule is CN1CC[C@H](N(C)CCC(=O)N2CCC(C#N)(c3ccccc3)CC2)C1. The lowest BCUT2D eigenvalue weighted by atomic mass is 9.74. The summed E-state index contributed by atoms with van der Waals surface area (Å²) in [5, 5.41) is 9.77. The second-order valence-electron chi connectivity index (χ2n) is 7.88. The number of hydrogen-bond donors (Lipinski definition) is 0. The summed E-state index contributed by atoms with van der Waals surface area (Å²) in [6.45, 7) is 4.41. The van der Waals surface area contributed by atoms with Crippen LogP contribution in [-0.2, 0) is 10.2 Å². The van der Waals surface area contributed by atoms with Gasteiger partial charge in [0, 0.05) is 38.6 Å². The lowest BCUT2D eigenvalue weighted by Crippen LogP contribution is -2.45. The van der Waals surface area contributed by atoms with Gasteiger partial charge in [-0.25, -0.2) is 0 Å². The average molecular weight is 354 g/mol. The van der Waals surface area contributed by atoms with Crippen LogP contribution in [0.2, 0.25) is 0 Å². The van der Waals surface area contributed by atoms with Crippen LogP contribution in [0.5, 0.6) is 0 Å². The third-order valence-electron chi connectivity index (χ3n) is 6.18. The maximum absolute atomic E-state index is 12.6. The van der Waals surface area contributed by atoms with E-state index in [9.17, 15) is 10.1 Å². The number of likely N-dealkylation sites (N-methyl/N-ethyl adjacent to an activating group) is 2. The maximum Gasteiger partial charge on any atom is 0.223 e. The number of nitriles is 1. The molecule has 5 nitrogen and oxygen atoms in total. The molecular formula is C21H30N4O. The van der Waals surface area contributed by atoms with Crippen molar-refractivity contribution >= 4 is 5.91 Å². The van der Waals surface area contributed by atoms with Crippen molar-refractivity contribution < 1.29 is 4.79 Å². The van der Waals surface area contributed by atoms with Gasteiger partial charge in [0.1, 0.15) is 0 Å². The number of nitrogens with zero attached hydrogens (tertiary/aromatic N) is 4. The molecule has 1 aromatic rings. The molecule has 26 heavy (non-hydrogen) atoms. The van der Waals surface area contributed by atoms with Crippen LogP contribution in [0.1, 0.15) is 31.2 Å². The molecule has 0 bridgehead atoms. The van der Waals surface area contributed by atoms with Gasteiger partial charge in [0.05, 0.1) is 11.5 Å². The van der Waals surface area contributed by atoms with Crippen LogP contribution in [0, 0.1) is 11.3 Å². The largest absolute Gasteiger partial charge is 0.343 e. The summed E-state index contributed by atoms with van der Waals surface area (Å²) in [5.41, 5.74) is 0.642. The number of benzene rings is 1. The maximum atomic E-state index is 12.6. The molecule has 2 fully saturated rings. The Hall–Kier alpha value is -1.90. The van der Waals surface area contributed by atoms with E-state index in [1.165, 1.54) is 6.42 Å². The molecule has 140 valence electrons. The fourth-order valence-corrected chi connectivity index (χ4v) is 4.24. The molecule has 0 N–H and O–H groups in total. The van der Waals surface area contributed by atoms with Crippen molar-refractivity contribution in [3.8, 4) is 6.07 Å². The topological polar surface area (TPSA) is 50.6 Å². The molecule has 0 radical (unpaired) electrons. The van der Waals surface area contributed by atoms with Crippen molar-refractivity contribution in [2.75, 3.05) is 46.8 Å². The fourth-order valence-electron chi connectivity index (χ4n) is 4.24. The minimum Gasteiger partial charge on any atom is -0.343 e. The molecule has 2 heterocycles. The Kier molecular flexibility index (Phi) is 5.95. The Morgan fingerprint density at radius 1 is 1.27 bits per heavy atom. The fraction of sp³-hybridized carbons (Fsp3) is 0.619. The molecule has 5 heteroatoms. The zero-order valence-corrected chi connectivity index (χ0v) is 16.0. The molecule has 0 aromatic heterocycles. The monoisotopic (exact) mass is 354 g/mol. The molecule has 1 aromatic carbocycles. The first-order valence-corrected chi connectivity index (χ1v) is 9.67. The molecule has 1 atom stereocenters. The molecule has 0 unspecified atom stereocenters. The second kappa shape index (κ2) is 8.20. The highest BCUT2D eigenvalue weighted by atomic mass is 16.2. The standard InChI is InChI=1S/C21H30N4O/c1-23-12-8-19(16-23)24(2)13-9-20(26)25-14-10-21(17-22,11-15-25)18-6-4-3-5-7-18/h3-7,19H,8-16H2,1-2H3/t19-/m0/s1. The molecule has 0 saturated carbocycles. The summed E-state index contributed by atoms with van der Waals surface area (Å²) in [6.07, 6.45) is 3.21. The van der Waals surface area contributed by atoms with Crippen molar-refractivity contribution in [2.24, 2.45) is 0 Å². The third-order valence-corrected chi connectivity index (χ3v) is 6.18. The zero-order valence-electron chi connectivity index (χ0n) is 16.0. The van der Waals surface area contributed by atoms with E-state index in [4.69, 9.17) is 0 Å². The first kappa shape index (κ1) is 18.9. The van der Waals surface area contributed by atoms with Crippen LogP contribution in [0.15, 0.2) is 30.3 Å². The summed E-state index contributed by atoms with van der Waals surface area (Å²) >= 11 is 0. The molecular weight excluding hydrogens is 324 g/mol. The Balaban J connectivity index is 1.50. The van der Waals surface area contributed by atoms with E-state index in [2.05, 4.69) is 30.0 Å². The number of carbonyl (C=O) groups excluding carboxylic acids is 1. The number of amides is 1. The summed E-state index contributed by atoms with van der Waals surface area (Å²) in [5.74, 6) is 0.225. The smallest absolute Gasteiger partial charge is 0.223 e. The van der Waals surface area contributed by atoms with Crippen LogP contribution in [0.4, 0.5) is 0 Å². The number of carbonyl (C=O) groups is 1. The molecule has 1 amide bonds. The number of piperidine rings is 1. The van der Waals surface area contributed by atoms with Gasteiger partial charge in [-0.15, -0.1) is 0 Å². The predicted octanol–water partition coefficient (Wildman–Crippen LogP) is 2.10. The third kappa shape index (κ3) is 4.08. The molecule has 0 spiro atoms. The molecule has 2 aliphatic heterocycles. The van der Waals surface area contributed by atoms with Gasteiger partial charge in [-0.1, -0.05) is 30.3 Å². The van der Waals surface area contributed by atoms with E-state index < -0.39 is 5.41 Å². The van der Waals surface area contributed by atoms with Crippen LogP contribution < -0.4 is 0 Å². The van der Waals surface area contributed by atoms with Crippen molar-refractivity contribution in [2.45, 2.75) is 37.1 Å². The zero-order chi connectivity index (χ0) is 18.6. The summed E-state index contributed by atoms with van der Waals surface area (Å²) in [4.78, 5) is 19.2. The van der Waals surface area contributed by atoms with Crippen molar-refractivity contribution in [1.29, 1.82) is 5.26 Å². The Labute approximate surface area is 157 Å². The molecule has 2 aliphatic rings. The van der Waals surface area contributed by atoms with Gasteiger partial charge in [-0.2, -0.15) is 5.26 Å². The van der Waals surface area contributed by atoms with Crippen molar-refractivity contribution in [1.82, 2.24) is 14.7 Å². The van der Waals surface area contributed by atoms with Gasteiger partial charge < -0.3 is 14.7 Å². The van der Waals surface area contributed by atoms with Crippen LogP contribution in [0.25, 0.3) is 0 Å². The second-order valence-corrected chi connectivity index (χ2v) is 7.88.